The quantitative estimate of drug-likeness (QED) is 0.530. The lowest BCUT2D eigenvalue weighted by Gasteiger charge is -2.17. The molecule has 0 atom stereocenters. The summed E-state index contributed by atoms with van der Waals surface area (Å²) in [6.45, 7) is 7.86. The van der Waals surface area contributed by atoms with Crippen molar-refractivity contribution in [3.05, 3.63) is 24.6 Å². The molecule has 0 aromatic heterocycles. The van der Waals surface area contributed by atoms with Gasteiger partial charge in [-0.2, -0.15) is 0 Å². The van der Waals surface area contributed by atoms with Crippen molar-refractivity contribution >= 4 is 0 Å². The number of hydrogen-bond donors (Lipinski definition) is 0. The molecule has 1 heterocycles. The molecular weight excluding hydrogens is 124 g/mol. The molecule has 0 N–H and O–H groups in total. The van der Waals surface area contributed by atoms with E-state index in [1.807, 2.05) is 6.92 Å². The van der Waals surface area contributed by atoms with E-state index in [9.17, 15) is 0 Å². The molecule has 0 saturated heterocycles. The van der Waals surface area contributed by atoms with Gasteiger partial charge in [-0.25, -0.2) is 0 Å². The van der Waals surface area contributed by atoms with E-state index in [-0.39, 0.29) is 0 Å². The Kier molecular flexibility index (Phi) is 2.00. The topological polar surface area (TPSA) is 6.48 Å². The third-order valence-electron chi connectivity index (χ3n) is 1.41. The van der Waals surface area contributed by atoms with Crippen molar-refractivity contribution in [3.8, 4) is 0 Å². The third-order valence-corrected chi connectivity index (χ3v) is 1.41. The van der Waals surface area contributed by atoms with Crippen molar-refractivity contribution in [1.29, 1.82) is 0 Å². The minimum absolute atomic E-state index is 0.973. The number of rotatable bonds is 2. The van der Waals surface area contributed by atoms with Gasteiger partial charge in [-0.3, -0.25) is 0 Å². The van der Waals surface area contributed by atoms with Gasteiger partial charge in [-0.15, -0.1) is 0 Å². The van der Waals surface area contributed by atoms with Crippen LogP contribution in [0.3, 0.4) is 0 Å². The van der Waals surface area contributed by atoms with Crippen LogP contribution in [0.15, 0.2) is 24.6 Å². The van der Waals surface area contributed by atoms with Gasteiger partial charge in [-0.1, -0.05) is 12.2 Å². The zero-order chi connectivity index (χ0) is 7.56. The van der Waals surface area contributed by atoms with E-state index in [0.717, 1.165) is 13.2 Å². The SMILES string of the molecule is C=C(C)CN1C=CN(C)C1. The fourth-order valence-corrected chi connectivity index (χ4v) is 1.04. The van der Waals surface area contributed by atoms with E-state index < -0.39 is 0 Å². The summed E-state index contributed by atoms with van der Waals surface area (Å²) in [7, 11) is 2.06. The van der Waals surface area contributed by atoms with Gasteiger partial charge in [-0.05, 0) is 6.92 Å². The standard InChI is InChI=1S/C8H14N2/c1-8(2)6-10-5-4-9(3)7-10/h4-5H,1,6-7H2,2-3H3. The summed E-state index contributed by atoms with van der Waals surface area (Å²) in [5.41, 5.74) is 1.21. The predicted molar refractivity (Wildman–Crippen MR) is 43.3 cm³/mol. The van der Waals surface area contributed by atoms with Gasteiger partial charge >= 0.3 is 0 Å². The van der Waals surface area contributed by atoms with Crippen LogP contribution in [0.1, 0.15) is 6.92 Å². The van der Waals surface area contributed by atoms with E-state index >= 15 is 0 Å². The van der Waals surface area contributed by atoms with Crippen molar-refractivity contribution in [1.82, 2.24) is 9.80 Å². The van der Waals surface area contributed by atoms with Crippen LogP contribution in [0.25, 0.3) is 0 Å². The highest BCUT2D eigenvalue weighted by Gasteiger charge is 2.06. The van der Waals surface area contributed by atoms with Gasteiger partial charge in [0.05, 0.1) is 6.67 Å². The maximum Gasteiger partial charge on any atom is 0.0894 e. The highest BCUT2D eigenvalue weighted by Crippen LogP contribution is 2.05. The van der Waals surface area contributed by atoms with Crippen LogP contribution in [0.5, 0.6) is 0 Å². The smallest absolute Gasteiger partial charge is 0.0894 e. The molecule has 0 bridgehead atoms. The first-order valence-corrected chi connectivity index (χ1v) is 3.45. The van der Waals surface area contributed by atoms with Crippen LogP contribution in [-0.4, -0.2) is 30.1 Å². The average Bonchev–Trinajstić information content (AvgIpc) is 2.13. The van der Waals surface area contributed by atoms with E-state index in [4.69, 9.17) is 0 Å². The highest BCUT2D eigenvalue weighted by atomic mass is 15.3. The van der Waals surface area contributed by atoms with E-state index in [2.05, 4.69) is 35.8 Å². The highest BCUT2D eigenvalue weighted by molar-refractivity contribution is 4.98. The zero-order valence-electron chi connectivity index (χ0n) is 6.67. The first-order valence-electron chi connectivity index (χ1n) is 3.45. The Morgan fingerprint density at radius 3 is 2.70 bits per heavy atom. The van der Waals surface area contributed by atoms with Crippen molar-refractivity contribution in [2.24, 2.45) is 0 Å². The second-order valence-corrected chi connectivity index (χ2v) is 2.90. The Morgan fingerprint density at radius 2 is 2.30 bits per heavy atom. The first kappa shape index (κ1) is 7.19. The summed E-state index contributed by atoms with van der Waals surface area (Å²) in [4.78, 5) is 4.37. The Balaban J connectivity index is 2.33. The second-order valence-electron chi connectivity index (χ2n) is 2.90. The molecule has 0 fully saturated rings. The average molecular weight is 138 g/mol. The monoisotopic (exact) mass is 138 g/mol. The fraction of sp³-hybridized carbons (Fsp3) is 0.500. The molecule has 1 rings (SSSR count). The van der Waals surface area contributed by atoms with Crippen molar-refractivity contribution in [2.45, 2.75) is 6.92 Å². The maximum atomic E-state index is 3.85. The third kappa shape index (κ3) is 1.79. The largest absolute Gasteiger partial charge is 0.362 e. The molecule has 0 spiro atoms. The first-order chi connectivity index (χ1) is 4.68. The zero-order valence-corrected chi connectivity index (χ0v) is 6.67. The van der Waals surface area contributed by atoms with Crippen molar-refractivity contribution in [3.63, 3.8) is 0 Å². The summed E-state index contributed by atoms with van der Waals surface area (Å²) >= 11 is 0. The summed E-state index contributed by atoms with van der Waals surface area (Å²) in [6, 6.07) is 0. The van der Waals surface area contributed by atoms with E-state index in [1.165, 1.54) is 5.57 Å². The molecule has 0 saturated carbocycles. The Hall–Kier alpha value is -0.920. The summed E-state index contributed by atoms with van der Waals surface area (Å²) in [5.74, 6) is 0. The van der Waals surface area contributed by atoms with E-state index in [0.29, 0.717) is 0 Å². The molecule has 0 amide bonds. The Bertz CT molecular complexity index is 161. The normalized spacial score (nSPS) is 16.6. The van der Waals surface area contributed by atoms with Crippen LogP contribution in [0.2, 0.25) is 0 Å². The van der Waals surface area contributed by atoms with Crippen LogP contribution < -0.4 is 0 Å². The van der Waals surface area contributed by atoms with Crippen LogP contribution in [0, 0.1) is 0 Å². The Morgan fingerprint density at radius 1 is 1.60 bits per heavy atom. The van der Waals surface area contributed by atoms with Gasteiger partial charge in [0.1, 0.15) is 0 Å². The number of nitrogens with zero attached hydrogens (tertiary/aromatic N) is 2. The lowest BCUT2D eigenvalue weighted by atomic mass is 10.3. The Labute approximate surface area is 62.4 Å². The van der Waals surface area contributed by atoms with Crippen molar-refractivity contribution in [2.75, 3.05) is 20.3 Å². The molecular formula is C8H14N2. The van der Waals surface area contributed by atoms with Gasteiger partial charge in [0.2, 0.25) is 0 Å². The molecule has 2 heteroatoms. The van der Waals surface area contributed by atoms with Gasteiger partial charge in [0, 0.05) is 26.0 Å². The molecule has 2 nitrogen and oxygen atoms in total. The minimum Gasteiger partial charge on any atom is -0.362 e. The fourth-order valence-electron chi connectivity index (χ4n) is 1.04. The molecule has 10 heavy (non-hydrogen) atoms. The minimum atomic E-state index is 0.973. The molecule has 0 unspecified atom stereocenters. The molecule has 0 aromatic rings. The predicted octanol–water partition coefficient (Wildman–Crippen LogP) is 1.24. The molecule has 0 radical (unpaired) electrons. The van der Waals surface area contributed by atoms with Gasteiger partial charge < -0.3 is 9.80 Å². The summed E-state index contributed by atoms with van der Waals surface area (Å²) in [5, 5.41) is 0. The summed E-state index contributed by atoms with van der Waals surface area (Å²) < 4.78 is 0. The molecule has 1 aliphatic rings. The van der Waals surface area contributed by atoms with Gasteiger partial charge in [0.25, 0.3) is 0 Å². The van der Waals surface area contributed by atoms with Crippen LogP contribution in [-0.2, 0) is 0 Å². The molecule has 0 aliphatic carbocycles. The van der Waals surface area contributed by atoms with Crippen LogP contribution >= 0.6 is 0 Å². The van der Waals surface area contributed by atoms with E-state index in [1.54, 1.807) is 0 Å². The maximum absolute atomic E-state index is 3.85. The summed E-state index contributed by atoms with van der Waals surface area (Å²) in [6.07, 6.45) is 4.16. The lowest BCUT2D eigenvalue weighted by Crippen LogP contribution is -2.23. The van der Waals surface area contributed by atoms with Gasteiger partial charge in [0.15, 0.2) is 0 Å². The molecule has 1 aliphatic heterocycles. The van der Waals surface area contributed by atoms with Crippen LogP contribution in [0.4, 0.5) is 0 Å². The lowest BCUT2D eigenvalue weighted by molar-refractivity contribution is 0.314. The molecule has 56 valence electrons. The van der Waals surface area contributed by atoms with Crippen molar-refractivity contribution < 1.29 is 0 Å². The second kappa shape index (κ2) is 2.78. The molecule has 0 aromatic carbocycles. The number of hydrogen-bond acceptors (Lipinski definition) is 2.